The third kappa shape index (κ3) is 5.13. The lowest BCUT2D eigenvalue weighted by molar-refractivity contribution is -0.111. The number of aromatic nitrogens is 2. The number of benzene rings is 1. The first-order valence-corrected chi connectivity index (χ1v) is 7.05. The van der Waals surface area contributed by atoms with Crippen molar-refractivity contribution in [2.75, 3.05) is 12.4 Å². The first-order chi connectivity index (χ1) is 11.9. The van der Waals surface area contributed by atoms with Gasteiger partial charge in [-0.2, -0.15) is 13.9 Å². The van der Waals surface area contributed by atoms with Gasteiger partial charge in [0, 0.05) is 19.3 Å². The van der Waals surface area contributed by atoms with Crippen LogP contribution in [0.1, 0.15) is 16.1 Å². The number of alkyl halides is 2. The number of ether oxygens (including phenoxy) is 2. The van der Waals surface area contributed by atoms with Crippen LogP contribution in [0.25, 0.3) is 6.08 Å². The van der Waals surface area contributed by atoms with Crippen molar-refractivity contribution in [3.8, 4) is 5.75 Å². The van der Waals surface area contributed by atoms with Gasteiger partial charge in [0.1, 0.15) is 5.75 Å². The molecule has 0 atom stereocenters. The molecule has 0 bridgehead atoms. The van der Waals surface area contributed by atoms with Crippen molar-refractivity contribution in [1.82, 2.24) is 9.78 Å². The first-order valence-electron chi connectivity index (χ1n) is 7.05. The van der Waals surface area contributed by atoms with Crippen LogP contribution < -0.4 is 10.1 Å². The monoisotopic (exact) mass is 351 g/mol. The normalized spacial score (nSPS) is 10.9. The number of amides is 1. The number of anilines is 1. The number of carbonyl (C=O) groups excluding carboxylic acids is 2. The summed E-state index contributed by atoms with van der Waals surface area (Å²) in [5.74, 6) is -1.14. The number of esters is 1. The van der Waals surface area contributed by atoms with Gasteiger partial charge >= 0.3 is 12.6 Å². The predicted molar refractivity (Wildman–Crippen MR) is 85.3 cm³/mol. The van der Waals surface area contributed by atoms with Crippen LogP contribution in [0.2, 0.25) is 0 Å². The predicted octanol–water partition coefficient (Wildman–Crippen LogP) is 2.46. The average molecular weight is 351 g/mol. The van der Waals surface area contributed by atoms with E-state index < -0.39 is 18.5 Å². The molecule has 1 N–H and O–H groups in total. The summed E-state index contributed by atoms with van der Waals surface area (Å²) < 4.78 is 34.3. The van der Waals surface area contributed by atoms with E-state index in [1.807, 2.05) is 0 Å². The molecule has 0 saturated heterocycles. The van der Waals surface area contributed by atoms with Gasteiger partial charge < -0.3 is 14.8 Å². The van der Waals surface area contributed by atoms with Gasteiger partial charge in [-0.15, -0.1) is 0 Å². The summed E-state index contributed by atoms with van der Waals surface area (Å²) in [5.41, 5.74) is 0.807. The zero-order valence-corrected chi connectivity index (χ0v) is 13.4. The molecule has 0 fully saturated rings. The highest BCUT2D eigenvalue weighted by Crippen LogP contribution is 2.16. The van der Waals surface area contributed by atoms with Crippen LogP contribution in [0.3, 0.4) is 0 Å². The Morgan fingerprint density at radius 1 is 1.28 bits per heavy atom. The molecule has 0 spiro atoms. The summed E-state index contributed by atoms with van der Waals surface area (Å²) in [6.07, 6.45) is 4.18. The molecule has 1 amide bonds. The Morgan fingerprint density at radius 2 is 1.96 bits per heavy atom. The van der Waals surface area contributed by atoms with Gasteiger partial charge in [-0.25, -0.2) is 4.79 Å². The molecule has 132 valence electrons. The Kier molecular flexibility index (Phi) is 5.83. The van der Waals surface area contributed by atoms with Crippen LogP contribution in [0.5, 0.6) is 5.75 Å². The van der Waals surface area contributed by atoms with Crippen molar-refractivity contribution in [2.45, 2.75) is 6.61 Å². The Bertz CT molecular complexity index is 785. The second kappa shape index (κ2) is 8.04. The largest absolute Gasteiger partial charge is 0.464 e. The number of halogens is 2. The van der Waals surface area contributed by atoms with Crippen molar-refractivity contribution >= 4 is 23.6 Å². The molecule has 0 aliphatic carbocycles. The Hall–Kier alpha value is -3.23. The molecule has 0 unspecified atom stereocenters. The molecule has 0 radical (unpaired) electrons. The number of hydrogen-bond donors (Lipinski definition) is 1. The highest BCUT2D eigenvalue weighted by atomic mass is 19.3. The topological polar surface area (TPSA) is 82.5 Å². The minimum Gasteiger partial charge on any atom is -0.464 e. The minimum absolute atomic E-state index is 0.0137. The van der Waals surface area contributed by atoms with Crippen molar-refractivity contribution in [2.24, 2.45) is 7.05 Å². The molecular weight excluding hydrogens is 336 g/mol. The van der Waals surface area contributed by atoms with E-state index in [-0.39, 0.29) is 17.1 Å². The smallest absolute Gasteiger partial charge is 0.387 e. The highest BCUT2D eigenvalue weighted by Gasteiger charge is 2.17. The van der Waals surface area contributed by atoms with Crippen LogP contribution in [0, 0.1) is 0 Å². The zero-order valence-electron chi connectivity index (χ0n) is 13.4. The van der Waals surface area contributed by atoms with Crippen molar-refractivity contribution in [3.05, 3.63) is 47.8 Å². The Morgan fingerprint density at radius 3 is 2.56 bits per heavy atom. The third-order valence-electron chi connectivity index (χ3n) is 3.00. The number of aryl methyl sites for hydroxylation is 1. The molecule has 2 aromatic rings. The summed E-state index contributed by atoms with van der Waals surface area (Å²) in [7, 11) is 2.81. The first kappa shape index (κ1) is 18.1. The summed E-state index contributed by atoms with van der Waals surface area (Å²) in [4.78, 5) is 23.5. The zero-order chi connectivity index (χ0) is 18.4. The summed E-state index contributed by atoms with van der Waals surface area (Å²) in [6, 6.07) is 5.76. The number of carbonyl (C=O) groups is 2. The fourth-order valence-corrected chi connectivity index (χ4v) is 1.93. The van der Waals surface area contributed by atoms with E-state index in [4.69, 9.17) is 0 Å². The maximum absolute atomic E-state index is 12.1. The van der Waals surface area contributed by atoms with Gasteiger partial charge in [-0.3, -0.25) is 9.48 Å². The van der Waals surface area contributed by atoms with Gasteiger partial charge in [-0.1, -0.05) is 12.1 Å². The van der Waals surface area contributed by atoms with Gasteiger partial charge in [0.05, 0.1) is 12.8 Å². The number of rotatable bonds is 6. The second-order valence-electron chi connectivity index (χ2n) is 4.83. The lowest BCUT2D eigenvalue weighted by Crippen LogP contribution is -2.12. The maximum atomic E-state index is 12.1. The van der Waals surface area contributed by atoms with E-state index in [9.17, 15) is 18.4 Å². The van der Waals surface area contributed by atoms with E-state index in [0.29, 0.717) is 5.56 Å². The number of methoxy groups -OCH3 is 1. The quantitative estimate of drug-likeness (QED) is 0.639. The Balaban J connectivity index is 2.03. The van der Waals surface area contributed by atoms with Gasteiger partial charge in [0.25, 0.3) is 0 Å². The van der Waals surface area contributed by atoms with Gasteiger partial charge in [0.2, 0.25) is 5.91 Å². The molecule has 0 saturated carbocycles. The fourth-order valence-electron chi connectivity index (χ4n) is 1.93. The fraction of sp³-hybridized carbons (Fsp3) is 0.188. The lowest BCUT2D eigenvalue weighted by atomic mass is 10.2. The molecule has 25 heavy (non-hydrogen) atoms. The van der Waals surface area contributed by atoms with Crippen LogP contribution in [-0.4, -0.2) is 35.4 Å². The van der Waals surface area contributed by atoms with Crippen LogP contribution in [-0.2, 0) is 16.6 Å². The van der Waals surface area contributed by atoms with E-state index in [2.05, 4.69) is 19.9 Å². The van der Waals surface area contributed by atoms with Crippen LogP contribution in [0.15, 0.2) is 36.5 Å². The van der Waals surface area contributed by atoms with Crippen molar-refractivity contribution in [1.29, 1.82) is 0 Å². The molecular formula is C16H15F2N3O4. The van der Waals surface area contributed by atoms with E-state index in [1.54, 1.807) is 7.05 Å². The van der Waals surface area contributed by atoms with E-state index >= 15 is 0 Å². The van der Waals surface area contributed by atoms with E-state index in [1.165, 1.54) is 54.4 Å². The van der Waals surface area contributed by atoms with Crippen LogP contribution >= 0.6 is 0 Å². The average Bonchev–Trinajstić information content (AvgIpc) is 2.93. The van der Waals surface area contributed by atoms with E-state index in [0.717, 1.165) is 0 Å². The summed E-state index contributed by atoms with van der Waals surface area (Å²) >= 11 is 0. The van der Waals surface area contributed by atoms with Gasteiger partial charge in [0.15, 0.2) is 5.69 Å². The lowest BCUT2D eigenvalue weighted by Gasteiger charge is -2.04. The molecule has 0 aliphatic rings. The maximum Gasteiger partial charge on any atom is 0.387 e. The summed E-state index contributed by atoms with van der Waals surface area (Å²) in [6.45, 7) is -2.89. The number of nitrogens with one attached hydrogen (secondary N) is 1. The van der Waals surface area contributed by atoms with Gasteiger partial charge in [-0.05, 0) is 23.8 Å². The SMILES string of the molecule is COC(=O)c1nn(C)cc1NC(=O)/C=C\c1ccc(OC(F)F)cc1. The molecule has 9 heteroatoms. The standard InChI is InChI=1S/C16H15F2N3O4/c1-21-9-12(14(20-21)15(23)24-2)19-13(22)8-5-10-3-6-11(7-4-10)25-16(17)18/h3-9,16H,1-2H3,(H,19,22)/b8-5-. The second-order valence-corrected chi connectivity index (χ2v) is 4.83. The minimum atomic E-state index is -2.89. The summed E-state index contributed by atoms with van der Waals surface area (Å²) in [5, 5.41) is 6.43. The molecule has 2 rings (SSSR count). The third-order valence-corrected chi connectivity index (χ3v) is 3.00. The Labute approximate surface area is 141 Å². The molecule has 1 aromatic heterocycles. The molecule has 1 heterocycles. The van der Waals surface area contributed by atoms with Crippen molar-refractivity contribution in [3.63, 3.8) is 0 Å². The molecule has 0 aliphatic heterocycles. The highest BCUT2D eigenvalue weighted by molar-refractivity contribution is 6.05. The molecule has 1 aromatic carbocycles. The number of nitrogens with zero attached hydrogens (tertiary/aromatic N) is 2. The molecule has 7 nitrogen and oxygen atoms in total. The van der Waals surface area contributed by atoms with Crippen molar-refractivity contribution < 1.29 is 27.8 Å². The number of hydrogen-bond acceptors (Lipinski definition) is 5. The van der Waals surface area contributed by atoms with Crippen LogP contribution in [0.4, 0.5) is 14.5 Å².